The molecule has 310 valence electrons. The highest BCUT2D eigenvalue weighted by Gasteiger charge is 2.57. The van der Waals surface area contributed by atoms with E-state index < -0.39 is 26.8 Å². The molecule has 2 aromatic carbocycles. The van der Waals surface area contributed by atoms with Crippen LogP contribution in [0.5, 0.6) is 5.75 Å². The second-order valence-corrected chi connectivity index (χ2v) is 21.9. The van der Waals surface area contributed by atoms with Crippen LogP contribution in [0.1, 0.15) is 106 Å². The molecule has 1 spiro atoms. The van der Waals surface area contributed by atoms with E-state index in [9.17, 15) is 13.2 Å². The average molecular weight is 820 g/mol. The Balaban J connectivity index is 1.14. The second kappa shape index (κ2) is 15.4. The van der Waals surface area contributed by atoms with E-state index in [1.165, 1.54) is 49.8 Å². The summed E-state index contributed by atoms with van der Waals surface area (Å²) in [4.78, 5) is 21.7. The van der Waals surface area contributed by atoms with E-state index in [-0.39, 0.29) is 22.7 Å². The van der Waals surface area contributed by atoms with Crippen LogP contribution < -0.4 is 14.4 Å². The molecule has 1 N–H and O–H groups in total. The number of nitrogens with zero attached hydrogens (tertiary/aromatic N) is 3. The Bertz CT molecular complexity index is 1990. The molecule has 9 nitrogen and oxygen atoms in total. The maximum Gasteiger partial charge on any atom is 0.264 e. The summed E-state index contributed by atoms with van der Waals surface area (Å²) in [7, 11) is -3.96. The minimum absolute atomic E-state index is 0.0988. The summed E-state index contributed by atoms with van der Waals surface area (Å²) in [6.07, 6.45) is 16.7. The van der Waals surface area contributed by atoms with E-state index in [1.807, 2.05) is 25.1 Å². The first kappa shape index (κ1) is 39.8. The lowest BCUT2D eigenvalue weighted by molar-refractivity contribution is -0.150. The molecule has 2 saturated heterocycles. The van der Waals surface area contributed by atoms with E-state index in [1.54, 1.807) is 13.0 Å². The molecule has 1 amide bonds. The van der Waals surface area contributed by atoms with Crippen LogP contribution in [0, 0.1) is 23.2 Å². The van der Waals surface area contributed by atoms with Crippen LogP contribution in [0.3, 0.4) is 0 Å². The lowest BCUT2D eigenvalue weighted by Gasteiger charge is -2.59. The van der Waals surface area contributed by atoms with E-state index in [2.05, 4.69) is 50.6 Å². The zero-order valence-corrected chi connectivity index (χ0v) is 35.9. The number of hydrogen-bond acceptors (Lipinski definition) is 8. The van der Waals surface area contributed by atoms with Crippen LogP contribution in [0.4, 0.5) is 5.69 Å². The number of sulfonamides is 1. The quantitative estimate of drug-likeness (QED) is 0.309. The molecule has 11 heteroatoms. The van der Waals surface area contributed by atoms with Crippen molar-refractivity contribution in [3.63, 3.8) is 0 Å². The lowest BCUT2D eigenvalue weighted by atomic mass is 9.54. The molecule has 4 fully saturated rings. The van der Waals surface area contributed by atoms with Crippen molar-refractivity contribution in [2.24, 2.45) is 23.2 Å². The fraction of sp³-hybridized carbons (Fsp3) is 0.674. The highest BCUT2D eigenvalue weighted by molar-refractivity contribution is 7.90. The topological polar surface area (TPSA) is 91.4 Å². The van der Waals surface area contributed by atoms with E-state index in [0.717, 1.165) is 94.4 Å². The summed E-state index contributed by atoms with van der Waals surface area (Å²) >= 11 is 6.57. The Morgan fingerprint density at radius 3 is 2.65 bits per heavy atom. The smallest absolute Gasteiger partial charge is 0.264 e. The van der Waals surface area contributed by atoms with Crippen LogP contribution in [0.15, 0.2) is 48.6 Å². The van der Waals surface area contributed by atoms with Gasteiger partial charge in [0, 0.05) is 61.3 Å². The molecular formula is C46H63ClN4O5S. The monoisotopic (exact) mass is 818 g/mol. The minimum Gasteiger partial charge on any atom is -0.490 e. The fourth-order valence-corrected chi connectivity index (χ4v) is 13.0. The third-order valence-electron chi connectivity index (χ3n) is 15.4. The molecule has 1 unspecified atom stereocenters. The molecule has 4 aliphatic heterocycles. The number of rotatable bonds is 5. The van der Waals surface area contributed by atoms with Crippen molar-refractivity contribution in [2.45, 2.75) is 114 Å². The Morgan fingerprint density at radius 1 is 0.982 bits per heavy atom. The molecule has 57 heavy (non-hydrogen) atoms. The van der Waals surface area contributed by atoms with E-state index in [0.29, 0.717) is 30.6 Å². The highest BCUT2D eigenvalue weighted by atomic mass is 35.5. The first-order chi connectivity index (χ1) is 27.4. The zero-order chi connectivity index (χ0) is 39.6. The van der Waals surface area contributed by atoms with Crippen molar-refractivity contribution in [3.8, 4) is 5.75 Å². The molecule has 2 saturated carbocycles. The standard InChI is InChI=1S/C46H63ClN4O5S/c1-32-8-6-19-46(56-27-34-11-12-34,30-49-22-23-50-21-5-4-10-38(50)26-49)42-17-20-44(42,3)28-51-29-45(18-7-9-35-24-37(47)14-15-39(35)45)31-55-41-16-13-36(25-40(41)51)43(52)48-57(53,54)33(32)2/h6,13-16,19,24-25,32-34,38,42H,4-5,7-12,17-18,20-23,26-31H2,1-3H3,(H,48,52)/b19-6+/t32-,33+,38+,42+,44?,45-,46-/m0/s1. The molecule has 3 aliphatic carbocycles. The van der Waals surface area contributed by atoms with E-state index >= 15 is 0 Å². The summed E-state index contributed by atoms with van der Waals surface area (Å²) < 4.78 is 44.3. The van der Waals surface area contributed by atoms with Crippen LogP contribution in [0.2, 0.25) is 5.02 Å². The first-order valence-corrected chi connectivity index (χ1v) is 23.9. The first-order valence-electron chi connectivity index (χ1n) is 22.0. The van der Waals surface area contributed by atoms with Gasteiger partial charge in [-0.2, -0.15) is 0 Å². The Labute approximate surface area is 345 Å². The van der Waals surface area contributed by atoms with Gasteiger partial charge in [-0.3, -0.25) is 14.6 Å². The number of ether oxygens (including phenoxy) is 2. The maximum absolute atomic E-state index is 13.8. The average Bonchev–Trinajstić information content (AvgIpc) is 4.03. The van der Waals surface area contributed by atoms with Gasteiger partial charge in [-0.05, 0) is 142 Å². The number of halogens is 1. The molecule has 0 aromatic heterocycles. The molecule has 7 aliphatic rings. The van der Waals surface area contributed by atoms with Gasteiger partial charge in [0.15, 0.2) is 0 Å². The molecule has 2 aromatic rings. The van der Waals surface area contributed by atoms with Gasteiger partial charge in [0.2, 0.25) is 10.0 Å². The van der Waals surface area contributed by atoms with Gasteiger partial charge in [-0.15, -0.1) is 0 Å². The number of nitrogens with one attached hydrogen (secondary N) is 1. The molecule has 9 rings (SSSR count). The summed E-state index contributed by atoms with van der Waals surface area (Å²) in [6, 6.07) is 12.4. The largest absolute Gasteiger partial charge is 0.490 e. The summed E-state index contributed by atoms with van der Waals surface area (Å²) in [5.41, 5.74) is 2.87. The SMILES string of the molecule is C[C@@H]1[C@@H](C)C/C=C/[C@@](CN2CCN3CCCC[C@@H]3C2)(OCC2CC2)[C@@H]2CCC2(C)CN2C[C@@]3(CCCc4cc(Cl)ccc43)COc3ccc(cc32)C(=O)NS1(=O)=O. The number of allylic oxidation sites excluding steroid dienone is 1. The van der Waals surface area contributed by atoms with Crippen LogP contribution >= 0.6 is 11.6 Å². The summed E-state index contributed by atoms with van der Waals surface area (Å²) in [5.74, 6) is 0.782. The third-order valence-corrected chi connectivity index (χ3v) is 17.5. The Hall–Kier alpha value is -2.63. The number of hydrogen-bond donors (Lipinski definition) is 1. The zero-order valence-electron chi connectivity index (χ0n) is 34.3. The van der Waals surface area contributed by atoms with Crippen molar-refractivity contribution in [3.05, 3.63) is 70.3 Å². The van der Waals surface area contributed by atoms with Crippen molar-refractivity contribution in [2.75, 3.05) is 63.9 Å². The highest BCUT2D eigenvalue weighted by Crippen LogP contribution is 2.56. The van der Waals surface area contributed by atoms with E-state index in [4.69, 9.17) is 21.1 Å². The number of carbonyl (C=O) groups is 1. The van der Waals surface area contributed by atoms with Gasteiger partial charge in [0.05, 0.1) is 24.2 Å². The predicted molar refractivity (Wildman–Crippen MR) is 227 cm³/mol. The number of fused-ring (bicyclic) bond motifs is 5. The minimum atomic E-state index is -3.96. The van der Waals surface area contributed by atoms with Crippen LogP contribution in [-0.2, 0) is 26.6 Å². The maximum atomic E-state index is 13.8. The molecule has 4 heterocycles. The molecule has 7 atom stereocenters. The summed E-state index contributed by atoms with van der Waals surface area (Å²) in [5, 5.41) is -0.0113. The number of amides is 1. The van der Waals surface area contributed by atoms with Gasteiger partial charge >= 0.3 is 0 Å². The van der Waals surface area contributed by atoms with Gasteiger partial charge in [-0.1, -0.05) is 50.1 Å². The van der Waals surface area contributed by atoms with Gasteiger partial charge in [0.25, 0.3) is 5.91 Å². The van der Waals surface area contributed by atoms with Gasteiger partial charge in [0.1, 0.15) is 11.4 Å². The predicted octanol–water partition coefficient (Wildman–Crippen LogP) is 7.61. The summed E-state index contributed by atoms with van der Waals surface area (Å²) in [6.45, 7) is 14.2. The number of aryl methyl sites for hydroxylation is 1. The van der Waals surface area contributed by atoms with Crippen LogP contribution in [-0.4, -0.2) is 100 Å². The second-order valence-electron chi connectivity index (χ2n) is 19.4. The molecule has 0 radical (unpaired) electrons. The molecule has 2 bridgehead atoms. The Kier molecular flexibility index (Phi) is 10.8. The molecular weight excluding hydrogens is 756 g/mol. The number of carbonyl (C=O) groups excluding carboxylic acids is 1. The van der Waals surface area contributed by atoms with Crippen molar-refractivity contribution < 1.29 is 22.7 Å². The van der Waals surface area contributed by atoms with Crippen molar-refractivity contribution in [1.82, 2.24) is 14.5 Å². The Morgan fingerprint density at radius 2 is 1.84 bits per heavy atom. The number of anilines is 1. The van der Waals surface area contributed by atoms with Gasteiger partial charge in [-0.25, -0.2) is 13.1 Å². The van der Waals surface area contributed by atoms with Crippen LogP contribution in [0.25, 0.3) is 0 Å². The van der Waals surface area contributed by atoms with Crippen molar-refractivity contribution >= 4 is 33.2 Å². The number of piperazine rings is 1. The lowest BCUT2D eigenvalue weighted by Crippen LogP contribution is -2.64. The normalized spacial score (nSPS) is 36.4. The third kappa shape index (κ3) is 7.80. The number of benzene rings is 2. The fourth-order valence-electron chi connectivity index (χ4n) is 11.5. The van der Waals surface area contributed by atoms with Gasteiger partial charge < -0.3 is 14.4 Å². The van der Waals surface area contributed by atoms with Crippen molar-refractivity contribution in [1.29, 1.82) is 0 Å². The number of piperidine rings is 1.